The van der Waals surface area contributed by atoms with E-state index in [2.05, 4.69) is 38.2 Å². The Balaban J connectivity index is -0.000000608. The largest absolute Gasteiger partial charge is 0.481 e. The maximum atomic E-state index is 10.3. The molecule has 0 unspecified atom stereocenters. The number of hydrogen-bond acceptors (Lipinski definition) is 2. The maximum absolute atomic E-state index is 10.3. The first kappa shape index (κ1) is 40.5. The van der Waals surface area contributed by atoms with Gasteiger partial charge in [0.2, 0.25) is 0 Å². The van der Waals surface area contributed by atoms with Crippen molar-refractivity contribution in [2.24, 2.45) is 0 Å². The minimum atomic E-state index is -0.664. The summed E-state index contributed by atoms with van der Waals surface area (Å²) in [4.78, 5) is 20.6. The first-order chi connectivity index (χ1) is 17.5. The summed E-state index contributed by atoms with van der Waals surface area (Å²) in [6, 6.07) is 0. The zero-order valence-electron chi connectivity index (χ0n) is 24.7. The Hall–Kier alpha value is -0.957. The molecule has 214 valence electrons. The van der Waals surface area contributed by atoms with Gasteiger partial charge in [0.1, 0.15) is 0 Å². The molecule has 0 aliphatic heterocycles. The van der Waals surface area contributed by atoms with Gasteiger partial charge in [-0.1, -0.05) is 115 Å². The van der Waals surface area contributed by atoms with E-state index in [1.165, 1.54) is 116 Å². The van der Waals surface area contributed by atoms with Crippen LogP contribution in [-0.4, -0.2) is 22.2 Å². The Kier molecular flexibility index (Phi) is 40.8. The number of aliphatic carboxylic acids is 2. The average Bonchev–Trinajstić information content (AvgIpc) is 2.85. The first-order valence-electron chi connectivity index (χ1n) is 15.3. The minimum absolute atomic E-state index is 0. The summed E-state index contributed by atoms with van der Waals surface area (Å²) in [5.74, 6) is -1.33. The molecule has 0 spiro atoms. The number of rotatable bonds is 26. The molecule has 5 heteroatoms. The van der Waals surface area contributed by atoms with Crippen molar-refractivity contribution < 1.29 is 39.3 Å². The molecule has 4 nitrogen and oxygen atoms in total. The second-order valence-electron chi connectivity index (χ2n) is 10.0. The second kappa shape index (κ2) is 37.2. The zero-order chi connectivity index (χ0) is 27.0. The molecule has 0 radical (unpaired) electrons. The molecule has 0 atom stereocenters. The number of unbranched alkanes of at least 4 members (excludes halogenated alkanes) is 18. The molecule has 0 bridgehead atoms. The van der Waals surface area contributed by atoms with E-state index < -0.39 is 11.9 Å². The molecule has 0 saturated carbocycles. The summed E-state index contributed by atoms with van der Waals surface area (Å²) in [5.41, 5.74) is 0. The van der Waals surface area contributed by atoms with Gasteiger partial charge in [-0.25, -0.2) is 0 Å². The van der Waals surface area contributed by atoms with Crippen LogP contribution in [0, 0.1) is 0 Å². The smallest absolute Gasteiger partial charge is 0.303 e. The van der Waals surface area contributed by atoms with Gasteiger partial charge in [-0.2, -0.15) is 0 Å². The van der Waals surface area contributed by atoms with Crippen molar-refractivity contribution in [1.82, 2.24) is 0 Å². The topological polar surface area (TPSA) is 74.6 Å². The monoisotopic (exact) mass is 572 g/mol. The van der Waals surface area contributed by atoms with Crippen LogP contribution in [0.25, 0.3) is 0 Å². The molecule has 0 saturated heterocycles. The van der Waals surface area contributed by atoms with Crippen molar-refractivity contribution in [3.8, 4) is 0 Å². The van der Waals surface area contributed by atoms with Gasteiger partial charge in [0.25, 0.3) is 0 Å². The van der Waals surface area contributed by atoms with Crippen molar-refractivity contribution in [2.75, 3.05) is 0 Å². The van der Waals surface area contributed by atoms with Crippen LogP contribution >= 0.6 is 0 Å². The summed E-state index contributed by atoms with van der Waals surface area (Å²) in [6.45, 7) is 4.47. The zero-order valence-corrected chi connectivity index (χ0v) is 27.7. The molecule has 0 aromatic rings. The molecule has 0 heterocycles. The van der Waals surface area contributed by atoms with Crippen LogP contribution in [0.2, 0.25) is 0 Å². The molecule has 0 fully saturated rings. The van der Waals surface area contributed by atoms with E-state index in [0.29, 0.717) is 12.8 Å². The average molecular weight is 574 g/mol. The van der Waals surface area contributed by atoms with Crippen LogP contribution in [0.4, 0.5) is 0 Å². The van der Waals surface area contributed by atoms with Crippen LogP contribution in [0.3, 0.4) is 0 Å². The van der Waals surface area contributed by atoms with Crippen molar-refractivity contribution in [3.63, 3.8) is 0 Å². The van der Waals surface area contributed by atoms with Crippen LogP contribution in [0.5, 0.6) is 0 Å². The van der Waals surface area contributed by atoms with E-state index in [9.17, 15) is 9.59 Å². The first-order valence-corrected chi connectivity index (χ1v) is 15.3. The SMILES string of the molecule is CCCCCC=CCCCCCCCCC(=O)O.CCCCCC=CCCCCCCCCC(=O)O.[Zn]. The van der Waals surface area contributed by atoms with Crippen molar-refractivity contribution >= 4 is 11.9 Å². The molecular weight excluding hydrogens is 514 g/mol. The van der Waals surface area contributed by atoms with Crippen molar-refractivity contribution in [2.45, 2.75) is 168 Å². The van der Waals surface area contributed by atoms with Crippen LogP contribution in [-0.2, 0) is 29.1 Å². The van der Waals surface area contributed by atoms with Gasteiger partial charge in [-0.05, 0) is 64.2 Å². The quantitative estimate of drug-likeness (QED) is 0.0613. The van der Waals surface area contributed by atoms with Gasteiger partial charge in [0.15, 0.2) is 0 Å². The number of allylic oxidation sites excluding steroid dienone is 4. The van der Waals surface area contributed by atoms with E-state index in [1.54, 1.807) is 0 Å². The molecule has 2 N–H and O–H groups in total. The van der Waals surface area contributed by atoms with E-state index in [4.69, 9.17) is 10.2 Å². The standard InChI is InChI=1S/2C16H30O2.Zn/c2*1-2-3-4-5-6-7-8-9-10-11-12-13-14-15-16(17)18;/h2*6-7H,2-5,8-15H2,1H3,(H,17,18);. The van der Waals surface area contributed by atoms with Gasteiger partial charge >= 0.3 is 11.9 Å². The van der Waals surface area contributed by atoms with E-state index in [0.717, 1.165) is 25.7 Å². The molecule has 0 aliphatic carbocycles. The predicted molar refractivity (Wildman–Crippen MR) is 156 cm³/mol. The normalized spacial score (nSPS) is 10.9. The second-order valence-corrected chi connectivity index (χ2v) is 10.0. The summed E-state index contributed by atoms with van der Waals surface area (Å²) in [7, 11) is 0. The molecule has 0 aromatic carbocycles. The van der Waals surface area contributed by atoms with Crippen LogP contribution in [0.15, 0.2) is 24.3 Å². The Morgan fingerprint density at radius 3 is 0.946 bits per heavy atom. The van der Waals surface area contributed by atoms with E-state index in [-0.39, 0.29) is 19.5 Å². The fourth-order valence-electron chi connectivity index (χ4n) is 3.99. The predicted octanol–water partition coefficient (Wildman–Crippen LogP) is 10.7. The molecular formula is C32H60O4Zn. The van der Waals surface area contributed by atoms with Crippen molar-refractivity contribution in [3.05, 3.63) is 24.3 Å². The Morgan fingerprint density at radius 2 is 0.676 bits per heavy atom. The van der Waals surface area contributed by atoms with E-state index in [1.807, 2.05) is 0 Å². The summed E-state index contributed by atoms with van der Waals surface area (Å²) in [6.07, 6.45) is 36.6. The van der Waals surface area contributed by atoms with E-state index >= 15 is 0 Å². The molecule has 37 heavy (non-hydrogen) atoms. The number of carboxylic acid groups (broad SMARTS) is 2. The minimum Gasteiger partial charge on any atom is -0.481 e. The fourth-order valence-corrected chi connectivity index (χ4v) is 3.99. The van der Waals surface area contributed by atoms with Gasteiger partial charge in [0, 0.05) is 32.3 Å². The third-order valence-corrected chi connectivity index (χ3v) is 6.30. The van der Waals surface area contributed by atoms with Gasteiger partial charge in [-0.3, -0.25) is 9.59 Å². The summed E-state index contributed by atoms with van der Waals surface area (Å²) in [5, 5.41) is 17.0. The third kappa shape index (κ3) is 45.4. The van der Waals surface area contributed by atoms with Gasteiger partial charge < -0.3 is 10.2 Å². The molecule has 0 aliphatic rings. The van der Waals surface area contributed by atoms with Gasteiger partial charge in [0.05, 0.1) is 0 Å². The Labute approximate surface area is 242 Å². The number of carbonyl (C=O) groups is 2. The number of hydrogen-bond donors (Lipinski definition) is 2. The number of carboxylic acids is 2. The van der Waals surface area contributed by atoms with Crippen LogP contribution in [0.1, 0.15) is 168 Å². The van der Waals surface area contributed by atoms with Crippen LogP contribution < -0.4 is 0 Å². The van der Waals surface area contributed by atoms with Gasteiger partial charge in [-0.15, -0.1) is 0 Å². The maximum Gasteiger partial charge on any atom is 0.303 e. The Bertz CT molecular complexity index is 471. The summed E-state index contributed by atoms with van der Waals surface area (Å²) < 4.78 is 0. The molecule has 0 rings (SSSR count). The van der Waals surface area contributed by atoms with Crippen molar-refractivity contribution in [1.29, 1.82) is 0 Å². The summed E-state index contributed by atoms with van der Waals surface area (Å²) >= 11 is 0. The fraction of sp³-hybridized carbons (Fsp3) is 0.812. The molecule has 0 amide bonds. The molecule has 0 aromatic heterocycles. The third-order valence-electron chi connectivity index (χ3n) is 6.30. The Morgan fingerprint density at radius 1 is 0.432 bits per heavy atom.